The number of carbonyl (C=O) groups excluding carboxylic acids is 1. The summed E-state index contributed by atoms with van der Waals surface area (Å²) in [5.74, 6) is 0.166. The maximum absolute atomic E-state index is 11.6. The Kier molecular flexibility index (Phi) is 2.57. The van der Waals surface area contributed by atoms with Crippen LogP contribution in [0.3, 0.4) is 0 Å². The van der Waals surface area contributed by atoms with Crippen LogP contribution >= 0.6 is 11.6 Å². The van der Waals surface area contributed by atoms with Gasteiger partial charge in [-0.25, -0.2) is 0 Å². The van der Waals surface area contributed by atoms with Crippen LogP contribution in [-0.4, -0.2) is 12.5 Å². The second-order valence-electron chi connectivity index (χ2n) is 3.81. The van der Waals surface area contributed by atoms with Gasteiger partial charge in [-0.3, -0.25) is 4.79 Å². The largest absolute Gasteiger partial charge is 0.398 e. The number of halogens is 1. The fourth-order valence-corrected chi connectivity index (χ4v) is 2.04. The molecular weight excluding hydrogens is 212 g/mol. The normalized spacial score (nSPS) is 16.1. The summed E-state index contributed by atoms with van der Waals surface area (Å²) in [5.41, 5.74) is 8.13. The van der Waals surface area contributed by atoms with Crippen molar-refractivity contribution in [2.45, 2.75) is 19.8 Å². The summed E-state index contributed by atoms with van der Waals surface area (Å²) >= 11 is 5.95. The molecule has 1 aromatic carbocycles. The minimum Gasteiger partial charge on any atom is -0.398 e. The van der Waals surface area contributed by atoms with Gasteiger partial charge in [-0.1, -0.05) is 11.6 Å². The van der Waals surface area contributed by atoms with Crippen molar-refractivity contribution in [3.63, 3.8) is 0 Å². The van der Waals surface area contributed by atoms with Crippen LogP contribution in [0, 0.1) is 6.92 Å². The van der Waals surface area contributed by atoms with Gasteiger partial charge in [-0.05, 0) is 31.0 Å². The number of aryl methyl sites for hydroxylation is 1. The molecule has 1 aliphatic rings. The summed E-state index contributed by atoms with van der Waals surface area (Å²) in [6.45, 7) is 2.72. The van der Waals surface area contributed by atoms with Crippen LogP contribution in [-0.2, 0) is 4.79 Å². The van der Waals surface area contributed by atoms with E-state index in [1.807, 2.05) is 13.0 Å². The molecule has 0 saturated carbocycles. The molecule has 1 heterocycles. The van der Waals surface area contributed by atoms with E-state index in [-0.39, 0.29) is 5.91 Å². The lowest BCUT2D eigenvalue weighted by molar-refractivity contribution is -0.117. The first-order valence-corrected chi connectivity index (χ1v) is 5.33. The standard InChI is InChI=1S/C11H13ClN2O/c1-7-5-9(13)8(12)6-10(7)14-4-2-3-11(14)15/h5-6H,2-4,13H2,1H3. The van der Waals surface area contributed by atoms with Crippen molar-refractivity contribution in [3.8, 4) is 0 Å². The molecule has 1 saturated heterocycles. The van der Waals surface area contributed by atoms with Crippen molar-refractivity contribution in [2.24, 2.45) is 0 Å². The summed E-state index contributed by atoms with van der Waals surface area (Å²) < 4.78 is 0. The fraction of sp³-hybridized carbons (Fsp3) is 0.364. The smallest absolute Gasteiger partial charge is 0.227 e. The van der Waals surface area contributed by atoms with Crippen molar-refractivity contribution in [3.05, 3.63) is 22.7 Å². The van der Waals surface area contributed by atoms with Crippen LogP contribution in [0.2, 0.25) is 5.02 Å². The Morgan fingerprint density at radius 2 is 2.20 bits per heavy atom. The molecule has 0 radical (unpaired) electrons. The van der Waals surface area contributed by atoms with Gasteiger partial charge in [-0.15, -0.1) is 0 Å². The van der Waals surface area contributed by atoms with Gasteiger partial charge in [0.2, 0.25) is 5.91 Å². The van der Waals surface area contributed by atoms with E-state index >= 15 is 0 Å². The number of amides is 1. The zero-order valence-corrected chi connectivity index (χ0v) is 9.34. The maximum Gasteiger partial charge on any atom is 0.227 e. The second kappa shape index (κ2) is 3.74. The Morgan fingerprint density at radius 1 is 1.47 bits per heavy atom. The average Bonchev–Trinajstić information content (AvgIpc) is 2.58. The Hall–Kier alpha value is -1.22. The zero-order valence-electron chi connectivity index (χ0n) is 8.59. The number of nitrogen functional groups attached to an aromatic ring is 1. The molecule has 15 heavy (non-hydrogen) atoms. The quantitative estimate of drug-likeness (QED) is 0.745. The van der Waals surface area contributed by atoms with Crippen LogP contribution in [0.1, 0.15) is 18.4 Å². The monoisotopic (exact) mass is 224 g/mol. The summed E-state index contributed by atoms with van der Waals surface area (Å²) in [4.78, 5) is 13.4. The van der Waals surface area contributed by atoms with E-state index in [4.69, 9.17) is 17.3 Å². The lowest BCUT2D eigenvalue weighted by Crippen LogP contribution is -2.24. The first-order chi connectivity index (χ1) is 7.09. The van der Waals surface area contributed by atoms with E-state index in [1.165, 1.54) is 0 Å². The molecule has 1 aliphatic heterocycles. The summed E-state index contributed by atoms with van der Waals surface area (Å²) in [6.07, 6.45) is 1.54. The molecule has 2 rings (SSSR count). The number of rotatable bonds is 1. The van der Waals surface area contributed by atoms with Crippen molar-refractivity contribution in [1.82, 2.24) is 0 Å². The molecule has 0 aliphatic carbocycles. The highest BCUT2D eigenvalue weighted by atomic mass is 35.5. The molecule has 1 amide bonds. The lowest BCUT2D eigenvalue weighted by Gasteiger charge is -2.19. The average molecular weight is 225 g/mol. The third kappa shape index (κ3) is 1.79. The van der Waals surface area contributed by atoms with Gasteiger partial charge in [-0.2, -0.15) is 0 Å². The molecule has 0 aromatic heterocycles. The first-order valence-electron chi connectivity index (χ1n) is 4.95. The zero-order chi connectivity index (χ0) is 11.0. The number of hydrogen-bond acceptors (Lipinski definition) is 2. The topological polar surface area (TPSA) is 46.3 Å². The predicted octanol–water partition coefficient (Wildman–Crippen LogP) is 2.36. The highest BCUT2D eigenvalue weighted by Crippen LogP contribution is 2.31. The van der Waals surface area contributed by atoms with E-state index in [0.29, 0.717) is 17.1 Å². The maximum atomic E-state index is 11.6. The molecule has 0 spiro atoms. The number of hydrogen-bond donors (Lipinski definition) is 1. The minimum absolute atomic E-state index is 0.166. The molecule has 80 valence electrons. The van der Waals surface area contributed by atoms with E-state index in [1.54, 1.807) is 11.0 Å². The number of nitrogens with zero attached hydrogens (tertiary/aromatic N) is 1. The van der Waals surface area contributed by atoms with E-state index < -0.39 is 0 Å². The van der Waals surface area contributed by atoms with Gasteiger partial charge >= 0.3 is 0 Å². The van der Waals surface area contributed by atoms with E-state index in [2.05, 4.69) is 0 Å². The van der Waals surface area contributed by atoms with E-state index in [9.17, 15) is 4.79 Å². The highest BCUT2D eigenvalue weighted by molar-refractivity contribution is 6.33. The number of anilines is 2. The first kappa shape index (κ1) is 10.3. The summed E-state index contributed by atoms with van der Waals surface area (Å²) in [7, 11) is 0. The lowest BCUT2D eigenvalue weighted by atomic mass is 10.1. The molecule has 1 fully saturated rings. The Bertz CT molecular complexity index is 417. The number of carbonyl (C=O) groups is 1. The molecule has 4 heteroatoms. The molecular formula is C11H13ClN2O. The van der Waals surface area contributed by atoms with E-state index in [0.717, 1.165) is 24.2 Å². The van der Waals surface area contributed by atoms with Gasteiger partial charge in [0.05, 0.1) is 10.7 Å². The van der Waals surface area contributed by atoms with Gasteiger partial charge in [0.25, 0.3) is 0 Å². The molecule has 0 unspecified atom stereocenters. The highest BCUT2D eigenvalue weighted by Gasteiger charge is 2.23. The fourth-order valence-electron chi connectivity index (χ4n) is 1.89. The van der Waals surface area contributed by atoms with Crippen molar-refractivity contribution in [2.75, 3.05) is 17.2 Å². The predicted molar refractivity (Wildman–Crippen MR) is 62.2 cm³/mol. The number of benzene rings is 1. The van der Waals surface area contributed by atoms with Gasteiger partial charge < -0.3 is 10.6 Å². The third-order valence-electron chi connectivity index (χ3n) is 2.68. The van der Waals surface area contributed by atoms with Crippen LogP contribution in [0.4, 0.5) is 11.4 Å². The van der Waals surface area contributed by atoms with Crippen molar-refractivity contribution in [1.29, 1.82) is 0 Å². The summed E-state index contributed by atoms with van der Waals surface area (Å²) in [6, 6.07) is 3.58. The summed E-state index contributed by atoms with van der Waals surface area (Å²) in [5, 5.41) is 0.510. The Balaban J connectivity index is 2.43. The number of nitrogens with two attached hydrogens (primary N) is 1. The van der Waals surface area contributed by atoms with Crippen LogP contribution in [0.15, 0.2) is 12.1 Å². The molecule has 1 aromatic rings. The van der Waals surface area contributed by atoms with Crippen molar-refractivity contribution < 1.29 is 4.79 Å². The molecule has 2 N–H and O–H groups in total. The third-order valence-corrected chi connectivity index (χ3v) is 3.01. The van der Waals surface area contributed by atoms with Crippen LogP contribution in [0.25, 0.3) is 0 Å². The van der Waals surface area contributed by atoms with Gasteiger partial charge in [0, 0.05) is 18.7 Å². The van der Waals surface area contributed by atoms with Crippen molar-refractivity contribution >= 4 is 28.9 Å². The van der Waals surface area contributed by atoms with Crippen LogP contribution < -0.4 is 10.6 Å². The Morgan fingerprint density at radius 3 is 2.80 bits per heavy atom. The molecule has 3 nitrogen and oxygen atoms in total. The Labute approximate surface area is 93.8 Å². The van der Waals surface area contributed by atoms with Gasteiger partial charge in [0.1, 0.15) is 0 Å². The SMILES string of the molecule is Cc1cc(N)c(Cl)cc1N1CCCC1=O. The molecule has 0 atom stereocenters. The molecule has 0 bridgehead atoms. The van der Waals surface area contributed by atoms with Crippen LogP contribution in [0.5, 0.6) is 0 Å². The minimum atomic E-state index is 0.166. The second-order valence-corrected chi connectivity index (χ2v) is 4.22. The van der Waals surface area contributed by atoms with Gasteiger partial charge in [0.15, 0.2) is 0 Å².